The predicted molar refractivity (Wildman–Crippen MR) is 60.2 cm³/mol. The van der Waals surface area contributed by atoms with Gasteiger partial charge in [0.1, 0.15) is 11.4 Å². The first kappa shape index (κ1) is 13.8. The van der Waals surface area contributed by atoms with E-state index in [1.807, 2.05) is 0 Å². The Bertz CT molecular complexity index is 675. The highest BCUT2D eigenvalue weighted by Gasteiger charge is 2.25. The van der Waals surface area contributed by atoms with Crippen molar-refractivity contribution in [3.8, 4) is 11.5 Å². The van der Waals surface area contributed by atoms with Gasteiger partial charge in [-0.1, -0.05) is 12.1 Å². The molecule has 0 heterocycles. The molecule has 4 nitrogen and oxygen atoms in total. The molecule has 0 fully saturated rings. The summed E-state index contributed by atoms with van der Waals surface area (Å²) in [5.74, 6) is -9.97. The van der Waals surface area contributed by atoms with E-state index in [1.165, 1.54) is 24.3 Å². The average Bonchev–Trinajstić information content (AvgIpc) is 2.45. The van der Waals surface area contributed by atoms with Crippen molar-refractivity contribution in [1.82, 2.24) is 0 Å². The molecule has 2 N–H and O–H groups in total. The lowest BCUT2D eigenvalue weighted by atomic mass is 10.2. The summed E-state index contributed by atoms with van der Waals surface area (Å²) in [4.78, 5) is 0. The smallest absolute Gasteiger partial charge is 0.206 e. The van der Waals surface area contributed by atoms with Crippen molar-refractivity contribution in [3.05, 3.63) is 47.5 Å². The Morgan fingerprint density at radius 2 is 1.35 bits per heavy atom. The lowest BCUT2D eigenvalue weighted by Gasteiger charge is -2.04. The maximum absolute atomic E-state index is 13.3. The van der Waals surface area contributed by atoms with Crippen LogP contribution < -0.4 is 0 Å². The number of benzene rings is 2. The SMILES string of the molecule is Oc1ccccc1N=Nc1c(O)c(F)c(F)c(F)c1F. The highest BCUT2D eigenvalue weighted by molar-refractivity contribution is 5.55. The third-order valence-electron chi connectivity index (χ3n) is 2.36. The quantitative estimate of drug-likeness (QED) is 0.378. The van der Waals surface area contributed by atoms with E-state index in [9.17, 15) is 27.8 Å². The number of halogens is 4. The fraction of sp³-hybridized carbons (Fsp3) is 0. The zero-order valence-electron chi connectivity index (χ0n) is 9.61. The fourth-order valence-corrected chi connectivity index (χ4v) is 1.35. The maximum atomic E-state index is 13.3. The minimum absolute atomic E-state index is 0.128. The highest BCUT2D eigenvalue weighted by Crippen LogP contribution is 2.37. The number of phenols is 2. The molecule has 0 aliphatic carbocycles. The number of phenolic OH excluding ortho intramolecular Hbond substituents is 2. The normalized spacial score (nSPS) is 11.2. The van der Waals surface area contributed by atoms with E-state index in [2.05, 4.69) is 10.2 Å². The van der Waals surface area contributed by atoms with Gasteiger partial charge in [-0.05, 0) is 12.1 Å². The van der Waals surface area contributed by atoms with Crippen molar-refractivity contribution in [3.63, 3.8) is 0 Å². The number of nitrogens with zero attached hydrogens (tertiary/aromatic N) is 2. The molecule has 0 bridgehead atoms. The molecule has 0 amide bonds. The van der Waals surface area contributed by atoms with Crippen LogP contribution in [0.5, 0.6) is 11.5 Å². The minimum atomic E-state index is -2.15. The molecule has 0 saturated heterocycles. The van der Waals surface area contributed by atoms with Gasteiger partial charge in [0.25, 0.3) is 0 Å². The van der Waals surface area contributed by atoms with Gasteiger partial charge >= 0.3 is 0 Å². The molecular weight excluding hydrogens is 280 g/mol. The van der Waals surface area contributed by atoms with Crippen molar-refractivity contribution in [2.45, 2.75) is 0 Å². The number of aromatic hydroxyl groups is 2. The Balaban J connectivity index is 2.53. The van der Waals surface area contributed by atoms with Crippen LogP contribution in [0.25, 0.3) is 0 Å². The van der Waals surface area contributed by atoms with Crippen LogP contribution in [0.1, 0.15) is 0 Å². The Morgan fingerprint density at radius 3 is 2.00 bits per heavy atom. The molecule has 0 saturated carbocycles. The predicted octanol–water partition coefficient (Wildman–Crippen LogP) is 4.07. The zero-order valence-corrected chi connectivity index (χ0v) is 9.61. The second kappa shape index (κ2) is 5.16. The molecule has 2 aromatic carbocycles. The van der Waals surface area contributed by atoms with E-state index in [1.54, 1.807) is 0 Å². The van der Waals surface area contributed by atoms with Crippen molar-refractivity contribution >= 4 is 11.4 Å². The summed E-state index contributed by atoms with van der Waals surface area (Å²) in [5, 5.41) is 25.0. The second-order valence-corrected chi connectivity index (χ2v) is 3.64. The van der Waals surface area contributed by atoms with Crippen LogP contribution in [0.3, 0.4) is 0 Å². The summed E-state index contributed by atoms with van der Waals surface area (Å²) >= 11 is 0. The van der Waals surface area contributed by atoms with Gasteiger partial charge in [0, 0.05) is 0 Å². The molecule has 0 radical (unpaired) electrons. The molecule has 0 spiro atoms. The minimum Gasteiger partial charge on any atom is -0.506 e. The summed E-state index contributed by atoms with van der Waals surface area (Å²) in [6, 6.07) is 5.47. The maximum Gasteiger partial charge on any atom is 0.206 e. The molecule has 20 heavy (non-hydrogen) atoms. The van der Waals surface area contributed by atoms with E-state index < -0.39 is 34.7 Å². The van der Waals surface area contributed by atoms with Crippen LogP contribution in [-0.4, -0.2) is 10.2 Å². The summed E-state index contributed by atoms with van der Waals surface area (Å²) < 4.78 is 52.2. The van der Waals surface area contributed by atoms with Crippen molar-refractivity contribution in [2.75, 3.05) is 0 Å². The van der Waals surface area contributed by atoms with Crippen LogP contribution >= 0.6 is 0 Å². The molecule has 104 valence electrons. The molecule has 0 aromatic heterocycles. The average molecular weight is 286 g/mol. The van der Waals surface area contributed by atoms with Crippen LogP contribution in [0.4, 0.5) is 28.9 Å². The van der Waals surface area contributed by atoms with Gasteiger partial charge in [0.05, 0.1) is 0 Å². The van der Waals surface area contributed by atoms with Crippen LogP contribution in [-0.2, 0) is 0 Å². The third kappa shape index (κ3) is 2.27. The van der Waals surface area contributed by atoms with Gasteiger partial charge in [-0.15, -0.1) is 10.2 Å². The van der Waals surface area contributed by atoms with E-state index >= 15 is 0 Å². The number of para-hydroxylation sites is 1. The lowest BCUT2D eigenvalue weighted by molar-refractivity contribution is 0.367. The molecule has 2 rings (SSSR count). The lowest BCUT2D eigenvalue weighted by Crippen LogP contribution is -1.96. The monoisotopic (exact) mass is 286 g/mol. The van der Waals surface area contributed by atoms with Crippen molar-refractivity contribution < 1.29 is 27.8 Å². The van der Waals surface area contributed by atoms with Gasteiger partial charge in [0.15, 0.2) is 23.1 Å². The van der Waals surface area contributed by atoms with Crippen molar-refractivity contribution in [2.24, 2.45) is 10.2 Å². The summed E-state index contributed by atoms with van der Waals surface area (Å²) in [6.07, 6.45) is 0. The first-order valence-electron chi connectivity index (χ1n) is 5.18. The molecular formula is C12H6F4N2O2. The largest absolute Gasteiger partial charge is 0.506 e. The number of hydrogen-bond acceptors (Lipinski definition) is 4. The Labute approximate surface area is 109 Å². The summed E-state index contributed by atoms with van der Waals surface area (Å²) in [6.45, 7) is 0. The van der Waals surface area contributed by atoms with Crippen LogP contribution in [0, 0.1) is 23.3 Å². The second-order valence-electron chi connectivity index (χ2n) is 3.64. The molecule has 0 aliphatic rings. The molecule has 0 atom stereocenters. The van der Waals surface area contributed by atoms with Gasteiger partial charge < -0.3 is 10.2 Å². The molecule has 0 aliphatic heterocycles. The topological polar surface area (TPSA) is 65.2 Å². The molecule has 0 unspecified atom stereocenters. The van der Waals surface area contributed by atoms with Gasteiger partial charge in [0.2, 0.25) is 11.6 Å². The fourth-order valence-electron chi connectivity index (χ4n) is 1.35. The molecule has 2 aromatic rings. The first-order valence-corrected chi connectivity index (χ1v) is 5.18. The molecule has 8 heteroatoms. The van der Waals surface area contributed by atoms with E-state index in [4.69, 9.17) is 0 Å². The number of rotatable bonds is 2. The highest BCUT2D eigenvalue weighted by atomic mass is 19.2. The van der Waals surface area contributed by atoms with E-state index in [-0.39, 0.29) is 11.4 Å². The number of hydrogen-bond donors (Lipinski definition) is 2. The van der Waals surface area contributed by atoms with Gasteiger partial charge in [-0.3, -0.25) is 0 Å². The Kier molecular flexibility index (Phi) is 3.55. The Hall–Kier alpha value is -2.64. The van der Waals surface area contributed by atoms with Crippen LogP contribution in [0.15, 0.2) is 34.5 Å². The number of azo groups is 1. The van der Waals surface area contributed by atoms with Gasteiger partial charge in [-0.25, -0.2) is 13.2 Å². The van der Waals surface area contributed by atoms with Gasteiger partial charge in [-0.2, -0.15) is 4.39 Å². The van der Waals surface area contributed by atoms with Crippen molar-refractivity contribution in [1.29, 1.82) is 0 Å². The zero-order chi connectivity index (χ0) is 14.9. The summed E-state index contributed by atoms with van der Waals surface area (Å²) in [5.41, 5.74) is -1.33. The van der Waals surface area contributed by atoms with Crippen LogP contribution in [0.2, 0.25) is 0 Å². The first-order chi connectivity index (χ1) is 9.43. The van der Waals surface area contributed by atoms with E-state index in [0.29, 0.717) is 0 Å². The Morgan fingerprint density at radius 1 is 0.750 bits per heavy atom. The van der Waals surface area contributed by atoms with E-state index in [0.717, 1.165) is 0 Å². The standard InChI is InChI=1S/C12H6F4N2O2/c13-7-8(14)10(16)12(20)11(9(7)15)18-17-5-3-1-2-4-6(5)19/h1-4,19-20H. The summed E-state index contributed by atoms with van der Waals surface area (Å²) in [7, 11) is 0. The third-order valence-corrected chi connectivity index (χ3v) is 2.36.